The van der Waals surface area contributed by atoms with E-state index in [1.165, 1.54) is 13.3 Å². The number of halogens is 1. The van der Waals surface area contributed by atoms with Crippen LogP contribution in [0.1, 0.15) is 15.9 Å². The average molecular weight is 305 g/mol. The van der Waals surface area contributed by atoms with Gasteiger partial charge in [-0.25, -0.2) is 0 Å². The maximum Gasteiger partial charge on any atom is 0.255 e. The molecular formula is C16H17ClN2O2. The highest BCUT2D eigenvalue weighted by Gasteiger charge is 2.16. The van der Waals surface area contributed by atoms with Crippen molar-refractivity contribution in [1.29, 1.82) is 0 Å². The second kappa shape index (κ2) is 7.64. The predicted octanol–water partition coefficient (Wildman–Crippen LogP) is 2.67. The fourth-order valence-electron chi connectivity index (χ4n) is 2.04. The lowest BCUT2D eigenvalue weighted by molar-refractivity contribution is 0.0937. The Kier molecular flexibility index (Phi) is 5.58. The third-order valence-corrected chi connectivity index (χ3v) is 3.47. The van der Waals surface area contributed by atoms with Crippen LogP contribution in [0.25, 0.3) is 0 Å². The number of ether oxygens (including phenoxy) is 1. The Morgan fingerprint density at radius 2 is 2.10 bits per heavy atom. The number of rotatable bonds is 6. The summed E-state index contributed by atoms with van der Waals surface area (Å²) in [5, 5.41) is 2.93. The SMILES string of the molecule is COc1cnccc1C(=O)NC(CCl)Cc1ccccc1. The number of amides is 1. The van der Waals surface area contributed by atoms with Crippen molar-refractivity contribution in [2.75, 3.05) is 13.0 Å². The molecule has 0 bridgehead atoms. The molecule has 0 saturated carbocycles. The number of nitrogens with one attached hydrogen (secondary N) is 1. The summed E-state index contributed by atoms with van der Waals surface area (Å²) in [7, 11) is 1.51. The molecule has 0 fully saturated rings. The summed E-state index contributed by atoms with van der Waals surface area (Å²) >= 11 is 5.96. The lowest BCUT2D eigenvalue weighted by Gasteiger charge is -2.17. The third-order valence-electron chi connectivity index (χ3n) is 3.10. The van der Waals surface area contributed by atoms with Crippen molar-refractivity contribution in [2.24, 2.45) is 0 Å². The van der Waals surface area contributed by atoms with Gasteiger partial charge < -0.3 is 10.1 Å². The minimum atomic E-state index is -0.212. The maximum absolute atomic E-state index is 12.3. The molecule has 110 valence electrons. The predicted molar refractivity (Wildman–Crippen MR) is 82.9 cm³/mol. The number of carbonyl (C=O) groups is 1. The van der Waals surface area contributed by atoms with Crippen LogP contribution in [-0.2, 0) is 6.42 Å². The molecule has 1 aromatic carbocycles. The van der Waals surface area contributed by atoms with Crippen LogP contribution < -0.4 is 10.1 Å². The van der Waals surface area contributed by atoms with Crippen molar-refractivity contribution in [1.82, 2.24) is 10.3 Å². The van der Waals surface area contributed by atoms with Crippen LogP contribution in [0.3, 0.4) is 0 Å². The molecule has 2 rings (SSSR count). The van der Waals surface area contributed by atoms with Gasteiger partial charge in [-0.2, -0.15) is 0 Å². The molecule has 1 N–H and O–H groups in total. The quantitative estimate of drug-likeness (QED) is 0.835. The van der Waals surface area contributed by atoms with Crippen molar-refractivity contribution in [3.8, 4) is 5.75 Å². The summed E-state index contributed by atoms with van der Waals surface area (Å²) < 4.78 is 5.14. The van der Waals surface area contributed by atoms with Gasteiger partial charge in [0, 0.05) is 18.1 Å². The maximum atomic E-state index is 12.3. The Bertz CT molecular complexity index is 590. The lowest BCUT2D eigenvalue weighted by Crippen LogP contribution is -2.38. The Hall–Kier alpha value is -2.07. The minimum absolute atomic E-state index is 0.139. The highest BCUT2D eigenvalue weighted by Crippen LogP contribution is 2.16. The van der Waals surface area contributed by atoms with E-state index in [4.69, 9.17) is 16.3 Å². The molecule has 0 saturated heterocycles. The molecule has 4 nitrogen and oxygen atoms in total. The summed E-state index contributed by atoms with van der Waals surface area (Å²) in [6.45, 7) is 0. The zero-order valence-electron chi connectivity index (χ0n) is 11.8. The number of methoxy groups -OCH3 is 1. The smallest absolute Gasteiger partial charge is 0.255 e. The van der Waals surface area contributed by atoms with E-state index < -0.39 is 0 Å². The van der Waals surface area contributed by atoms with Crippen LogP contribution >= 0.6 is 11.6 Å². The van der Waals surface area contributed by atoms with Crippen LogP contribution in [0.2, 0.25) is 0 Å². The summed E-state index contributed by atoms with van der Waals surface area (Å²) in [4.78, 5) is 16.2. The fourth-order valence-corrected chi connectivity index (χ4v) is 2.22. The zero-order valence-corrected chi connectivity index (χ0v) is 12.5. The highest BCUT2D eigenvalue weighted by molar-refractivity contribution is 6.18. The van der Waals surface area contributed by atoms with Gasteiger partial charge in [-0.3, -0.25) is 9.78 Å². The van der Waals surface area contributed by atoms with Crippen LogP contribution in [0.5, 0.6) is 5.75 Å². The fraction of sp³-hybridized carbons (Fsp3) is 0.250. The van der Waals surface area contributed by atoms with E-state index in [0.717, 1.165) is 5.56 Å². The van der Waals surface area contributed by atoms with E-state index in [1.54, 1.807) is 12.3 Å². The summed E-state index contributed by atoms with van der Waals surface area (Å²) in [5.74, 6) is 0.576. The van der Waals surface area contributed by atoms with Gasteiger partial charge in [-0.1, -0.05) is 30.3 Å². The molecule has 5 heteroatoms. The number of benzene rings is 1. The summed E-state index contributed by atoms with van der Waals surface area (Å²) in [5.41, 5.74) is 1.58. The minimum Gasteiger partial charge on any atom is -0.494 e. The van der Waals surface area contributed by atoms with E-state index >= 15 is 0 Å². The van der Waals surface area contributed by atoms with Gasteiger partial charge in [0.05, 0.1) is 18.9 Å². The standard InChI is InChI=1S/C16H17ClN2O2/c1-21-15-11-18-8-7-14(15)16(20)19-13(10-17)9-12-5-3-2-4-6-12/h2-8,11,13H,9-10H2,1H3,(H,19,20). The van der Waals surface area contributed by atoms with Gasteiger partial charge >= 0.3 is 0 Å². The van der Waals surface area contributed by atoms with E-state index in [1.807, 2.05) is 30.3 Å². The molecule has 0 radical (unpaired) electrons. The topological polar surface area (TPSA) is 51.2 Å². The molecule has 1 heterocycles. The van der Waals surface area contributed by atoms with Crippen LogP contribution in [0, 0.1) is 0 Å². The van der Waals surface area contributed by atoms with Gasteiger partial charge in [0.15, 0.2) is 0 Å². The Morgan fingerprint density at radius 3 is 2.76 bits per heavy atom. The number of aromatic nitrogens is 1. The molecule has 0 aliphatic rings. The number of alkyl halides is 1. The van der Waals surface area contributed by atoms with Crippen molar-refractivity contribution in [2.45, 2.75) is 12.5 Å². The first-order valence-electron chi connectivity index (χ1n) is 6.63. The van der Waals surface area contributed by atoms with Crippen LogP contribution in [0.4, 0.5) is 0 Å². The lowest BCUT2D eigenvalue weighted by atomic mass is 10.1. The monoisotopic (exact) mass is 304 g/mol. The van der Waals surface area contributed by atoms with E-state index in [0.29, 0.717) is 23.6 Å². The molecule has 0 aliphatic heterocycles. The Morgan fingerprint density at radius 1 is 1.33 bits per heavy atom. The number of hydrogen-bond donors (Lipinski definition) is 1. The van der Waals surface area contributed by atoms with E-state index in [2.05, 4.69) is 10.3 Å². The second-order valence-electron chi connectivity index (χ2n) is 4.59. The second-order valence-corrected chi connectivity index (χ2v) is 4.90. The van der Waals surface area contributed by atoms with Gasteiger partial charge in [0.25, 0.3) is 5.91 Å². The molecule has 1 atom stereocenters. The molecule has 0 aliphatic carbocycles. The van der Waals surface area contributed by atoms with Gasteiger partial charge in [0.2, 0.25) is 0 Å². The van der Waals surface area contributed by atoms with Gasteiger partial charge in [0.1, 0.15) is 5.75 Å². The number of nitrogens with zero attached hydrogens (tertiary/aromatic N) is 1. The van der Waals surface area contributed by atoms with Crippen molar-refractivity contribution in [3.63, 3.8) is 0 Å². The van der Waals surface area contributed by atoms with E-state index in [-0.39, 0.29) is 11.9 Å². The Labute approximate surface area is 129 Å². The van der Waals surface area contributed by atoms with Gasteiger partial charge in [-0.05, 0) is 18.1 Å². The first-order valence-corrected chi connectivity index (χ1v) is 7.16. The molecule has 2 aromatic rings. The molecule has 21 heavy (non-hydrogen) atoms. The number of carbonyl (C=O) groups excluding carboxylic acids is 1. The Balaban J connectivity index is 2.06. The van der Waals surface area contributed by atoms with Crippen molar-refractivity contribution < 1.29 is 9.53 Å². The first-order chi connectivity index (χ1) is 10.2. The molecule has 1 amide bonds. The van der Waals surface area contributed by atoms with Crippen molar-refractivity contribution >= 4 is 17.5 Å². The molecule has 1 unspecified atom stereocenters. The highest BCUT2D eigenvalue weighted by atomic mass is 35.5. The number of hydrogen-bond acceptors (Lipinski definition) is 3. The summed E-state index contributed by atoms with van der Waals surface area (Å²) in [6.07, 6.45) is 3.76. The third kappa shape index (κ3) is 4.20. The first kappa shape index (κ1) is 15.3. The van der Waals surface area contributed by atoms with Crippen LogP contribution in [0.15, 0.2) is 48.8 Å². The number of pyridine rings is 1. The zero-order chi connectivity index (χ0) is 15.1. The molecule has 1 aromatic heterocycles. The average Bonchev–Trinajstić information content (AvgIpc) is 2.55. The molecular weight excluding hydrogens is 288 g/mol. The summed E-state index contributed by atoms with van der Waals surface area (Å²) in [6, 6.07) is 11.4. The van der Waals surface area contributed by atoms with Crippen molar-refractivity contribution in [3.05, 3.63) is 59.9 Å². The largest absolute Gasteiger partial charge is 0.494 e. The van der Waals surface area contributed by atoms with E-state index in [9.17, 15) is 4.79 Å². The van der Waals surface area contributed by atoms with Gasteiger partial charge in [-0.15, -0.1) is 11.6 Å². The molecule has 0 spiro atoms. The van der Waals surface area contributed by atoms with Crippen LogP contribution in [-0.4, -0.2) is 29.9 Å². The normalized spacial score (nSPS) is 11.7.